The van der Waals surface area contributed by atoms with Crippen molar-refractivity contribution in [3.8, 4) is 0 Å². The van der Waals surface area contributed by atoms with Crippen LogP contribution in [-0.4, -0.2) is 189 Å². The van der Waals surface area contributed by atoms with Crippen LogP contribution < -0.4 is 16.0 Å². The van der Waals surface area contributed by atoms with Crippen molar-refractivity contribution in [3.63, 3.8) is 0 Å². The van der Waals surface area contributed by atoms with Crippen LogP contribution in [0.4, 0.5) is 0 Å². The van der Waals surface area contributed by atoms with E-state index in [4.69, 9.17) is 4.74 Å². The van der Waals surface area contributed by atoms with Gasteiger partial charge in [0.15, 0.2) is 12.1 Å². The molecule has 0 saturated carbocycles. The maximum Gasteiger partial charge on any atom is 0.332 e. The Kier molecular flexibility index (Phi) is 24.3. The number of benzene rings is 2. The molecular formula is C60H92N8O12. The topological polar surface area (TPSA) is 256 Å². The molecule has 2 aliphatic heterocycles. The van der Waals surface area contributed by atoms with Gasteiger partial charge in [-0.3, -0.25) is 38.4 Å². The van der Waals surface area contributed by atoms with Gasteiger partial charge in [0, 0.05) is 60.1 Å². The number of aliphatic hydroxyl groups excluding tert-OH is 1. The van der Waals surface area contributed by atoms with E-state index >= 15 is 9.59 Å². The zero-order chi connectivity index (χ0) is 60.1. The number of likely N-dealkylation sites (N-methyl/N-ethyl adjacent to an activating group) is 4. The number of nitrogens with zero attached hydrogens (tertiary/aromatic N) is 5. The summed E-state index contributed by atoms with van der Waals surface area (Å²) < 4.78 is 6.02. The summed E-state index contributed by atoms with van der Waals surface area (Å²) in [5.41, 5.74) is -0.658. The summed E-state index contributed by atoms with van der Waals surface area (Å²) in [7, 11) is 5.52. The monoisotopic (exact) mass is 1120 g/mol. The van der Waals surface area contributed by atoms with Crippen LogP contribution in [0.1, 0.15) is 119 Å². The molecular weight excluding hydrogens is 1020 g/mol. The third-order valence-corrected chi connectivity index (χ3v) is 15.8. The second-order valence-electron chi connectivity index (χ2n) is 23.6. The summed E-state index contributed by atoms with van der Waals surface area (Å²) in [6.45, 7) is 17.9. The van der Waals surface area contributed by atoms with Gasteiger partial charge in [0.25, 0.3) is 5.91 Å². The number of hydrogen-bond acceptors (Lipinski definition) is 12. The van der Waals surface area contributed by atoms with Crippen molar-refractivity contribution < 1.29 is 58.1 Å². The highest BCUT2D eigenvalue weighted by molar-refractivity contribution is 5.99. The molecule has 2 saturated heterocycles. The Labute approximate surface area is 474 Å². The van der Waals surface area contributed by atoms with Gasteiger partial charge in [-0.1, -0.05) is 129 Å². The molecule has 5 N–H and O–H groups in total. The minimum Gasteiger partial charge on any atom is -0.450 e. The van der Waals surface area contributed by atoms with Crippen LogP contribution in [0.15, 0.2) is 60.7 Å². The fourth-order valence-electron chi connectivity index (χ4n) is 11.1. The molecule has 20 heteroatoms. The lowest BCUT2D eigenvalue weighted by atomic mass is 9.93. The van der Waals surface area contributed by atoms with Crippen LogP contribution in [0.3, 0.4) is 0 Å². The molecule has 0 bridgehead atoms. The van der Waals surface area contributed by atoms with Crippen molar-refractivity contribution in [2.75, 3.05) is 41.3 Å². The fraction of sp³-hybridized carbons (Fsp3) is 0.650. The molecule has 0 unspecified atom stereocenters. The number of esters is 1. The van der Waals surface area contributed by atoms with Crippen LogP contribution in [0.25, 0.3) is 0 Å². The van der Waals surface area contributed by atoms with Gasteiger partial charge in [0.2, 0.25) is 41.4 Å². The van der Waals surface area contributed by atoms with Gasteiger partial charge in [-0.15, -0.1) is 0 Å². The van der Waals surface area contributed by atoms with Crippen LogP contribution in [0.5, 0.6) is 0 Å². The van der Waals surface area contributed by atoms with E-state index in [1.165, 1.54) is 56.7 Å². The number of cyclic esters (lactones) is 1. The third-order valence-electron chi connectivity index (χ3n) is 15.8. The fourth-order valence-corrected chi connectivity index (χ4v) is 11.1. The number of hydrogen-bond donors (Lipinski definition) is 5. The Morgan fingerprint density at radius 2 is 1.11 bits per heavy atom. The number of ether oxygens (including phenoxy) is 1. The number of fused-ring (bicyclic) bond motifs is 1. The van der Waals surface area contributed by atoms with E-state index < -0.39 is 144 Å². The van der Waals surface area contributed by atoms with Crippen LogP contribution in [-0.2, 0) is 60.7 Å². The predicted octanol–water partition coefficient (Wildman–Crippen LogP) is 3.34. The molecule has 20 nitrogen and oxygen atoms in total. The zero-order valence-corrected chi connectivity index (χ0v) is 49.9. The van der Waals surface area contributed by atoms with Crippen molar-refractivity contribution in [2.24, 2.45) is 29.6 Å². The highest BCUT2D eigenvalue weighted by Gasteiger charge is 2.48. The lowest BCUT2D eigenvalue weighted by molar-refractivity contribution is -0.178. The van der Waals surface area contributed by atoms with Crippen LogP contribution in [0.2, 0.25) is 0 Å². The number of carbonyl (C=O) groups is 9. The van der Waals surface area contributed by atoms with Gasteiger partial charge in [-0.05, 0) is 74.3 Å². The largest absolute Gasteiger partial charge is 0.450 e. The van der Waals surface area contributed by atoms with E-state index in [2.05, 4.69) is 16.0 Å². The smallest absolute Gasteiger partial charge is 0.332 e. The summed E-state index contributed by atoms with van der Waals surface area (Å²) in [5, 5.41) is 31.1. The van der Waals surface area contributed by atoms with Crippen molar-refractivity contribution in [2.45, 2.75) is 181 Å². The van der Waals surface area contributed by atoms with E-state index in [-0.39, 0.29) is 44.6 Å². The van der Waals surface area contributed by atoms with E-state index in [1.807, 2.05) is 39.0 Å². The highest BCUT2D eigenvalue weighted by atomic mass is 16.6. The normalized spacial score (nSPS) is 26.3. The van der Waals surface area contributed by atoms with E-state index in [1.54, 1.807) is 84.0 Å². The number of rotatable bonds is 14. The lowest BCUT2D eigenvalue weighted by Crippen LogP contribution is -2.63. The SMILES string of the molecule is CC[C@@H](CO)[C@@H]1OC(=O)[C@@H](C(C)(C)O)N(C)C(=O)[C@H](CC(C)C)NC(=O)[C@H](C(C)C)N(C)C(=O)[C@@H]([C@@H](C)CC)NC(=O)[C@@H]2CCCN2C(=O)[C@H](Cc2ccccc2)N(C)C(=O)[C@@H](Cc2ccccc2)NC(=O)[C@@H](C(C)C)N(C)C1=O. The molecule has 0 radical (unpaired) electrons. The molecule has 444 valence electrons. The maximum absolute atomic E-state index is 15.3. The van der Waals surface area contributed by atoms with Gasteiger partial charge in [0.1, 0.15) is 42.3 Å². The third kappa shape index (κ3) is 16.4. The Bertz CT molecular complexity index is 2450. The average molecular weight is 1120 g/mol. The van der Waals surface area contributed by atoms with Gasteiger partial charge in [-0.25, -0.2) is 4.79 Å². The Morgan fingerprint density at radius 3 is 1.59 bits per heavy atom. The second kappa shape index (κ2) is 29.3. The Balaban J connectivity index is 1.99. The van der Waals surface area contributed by atoms with Crippen LogP contribution in [0, 0.1) is 29.6 Å². The average Bonchev–Trinajstić information content (AvgIpc) is 3.91. The van der Waals surface area contributed by atoms with Gasteiger partial charge >= 0.3 is 5.97 Å². The number of aliphatic hydroxyl groups is 2. The molecule has 2 fully saturated rings. The van der Waals surface area contributed by atoms with E-state index in [0.717, 1.165) is 9.80 Å². The molecule has 2 heterocycles. The number of nitrogens with one attached hydrogen (secondary N) is 3. The molecule has 0 aromatic heterocycles. The molecule has 0 spiro atoms. The van der Waals surface area contributed by atoms with E-state index in [9.17, 15) is 43.8 Å². The van der Waals surface area contributed by atoms with Crippen molar-refractivity contribution in [3.05, 3.63) is 71.8 Å². The molecule has 2 aromatic carbocycles. The molecule has 2 aromatic rings. The van der Waals surface area contributed by atoms with Crippen molar-refractivity contribution in [1.29, 1.82) is 0 Å². The quantitative estimate of drug-likeness (QED) is 0.171. The minimum atomic E-state index is -2.04. The maximum atomic E-state index is 15.3. The summed E-state index contributed by atoms with van der Waals surface area (Å²) in [6, 6.07) is 7.63. The summed E-state index contributed by atoms with van der Waals surface area (Å²) in [6.07, 6.45) is -0.485. The summed E-state index contributed by atoms with van der Waals surface area (Å²) >= 11 is 0. The molecule has 2 aliphatic rings. The molecule has 8 amide bonds. The standard InChI is InChI=1S/C60H92N8O12/c1-16-38(9)46-57(76)65(13)47(36(5)6)52(71)61-42(31-35(3)4)55(74)67(15)50(60(10,11)79)59(78)80-49(41(17-2)34-69)58(77)66(14)48(37(7)8)53(72)62-43(32-39-25-20-18-21-26-39)54(73)64(12)45(33-40-27-22-19-23-28-40)56(75)68-30-24-29-44(68)51(70)63-46/h18-23,25-28,35-38,41-50,69,79H,16-17,24,29-34H2,1-15H3,(H,61,71)(H,62,72)(H,63,70)/t38-,41-,42-,43+,44-,45-,46+,47-,48+,49-,50-/m0/s1. The molecule has 4 rings (SSSR count). The van der Waals surface area contributed by atoms with Gasteiger partial charge in [-0.2, -0.15) is 0 Å². The first kappa shape index (κ1) is 66.1. The van der Waals surface area contributed by atoms with E-state index in [0.29, 0.717) is 24.0 Å². The second-order valence-corrected chi connectivity index (χ2v) is 23.6. The Hall–Kier alpha value is -6.41. The summed E-state index contributed by atoms with van der Waals surface area (Å²) in [4.78, 5) is 140. The predicted molar refractivity (Wildman–Crippen MR) is 303 cm³/mol. The first-order valence-corrected chi connectivity index (χ1v) is 28.4. The van der Waals surface area contributed by atoms with Crippen LogP contribution >= 0.6 is 0 Å². The molecule has 0 aliphatic carbocycles. The van der Waals surface area contributed by atoms with Gasteiger partial charge < -0.3 is 55.4 Å². The molecule has 80 heavy (non-hydrogen) atoms. The first-order valence-electron chi connectivity index (χ1n) is 28.4. The minimum absolute atomic E-state index is 0.0271. The highest BCUT2D eigenvalue weighted by Crippen LogP contribution is 2.27. The lowest BCUT2D eigenvalue weighted by Gasteiger charge is -2.40. The summed E-state index contributed by atoms with van der Waals surface area (Å²) in [5.74, 6) is -9.62. The first-order chi connectivity index (χ1) is 37.5. The van der Waals surface area contributed by atoms with Crippen molar-refractivity contribution >= 4 is 53.2 Å². The molecule has 11 atom stereocenters. The van der Waals surface area contributed by atoms with Crippen molar-refractivity contribution in [1.82, 2.24) is 40.4 Å². The zero-order valence-electron chi connectivity index (χ0n) is 49.9. The Morgan fingerprint density at radius 1 is 0.613 bits per heavy atom. The number of carbonyl (C=O) groups excluding carboxylic acids is 9. The number of amides is 8. The van der Waals surface area contributed by atoms with Gasteiger partial charge in [0.05, 0.1) is 5.60 Å².